The van der Waals surface area contributed by atoms with Crippen LogP contribution in [0.5, 0.6) is 5.75 Å². The molecule has 0 heterocycles. The summed E-state index contributed by atoms with van der Waals surface area (Å²) in [7, 11) is 1.63. The van der Waals surface area contributed by atoms with Crippen molar-refractivity contribution in [1.82, 2.24) is 5.32 Å². The Labute approximate surface area is 114 Å². The fraction of sp³-hybridized carbons (Fsp3) is 0.400. The third-order valence-corrected chi connectivity index (χ3v) is 2.84. The highest BCUT2D eigenvalue weighted by Gasteiger charge is 2.20. The molecule has 0 bridgehead atoms. The highest BCUT2D eigenvalue weighted by molar-refractivity contribution is 5.95. The van der Waals surface area contributed by atoms with Crippen molar-refractivity contribution in [2.45, 2.75) is 33.1 Å². The van der Waals surface area contributed by atoms with Gasteiger partial charge in [0.25, 0.3) is 5.91 Å². The summed E-state index contributed by atoms with van der Waals surface area (Å²) in [6.07, 6.45) is 1.64. The summed E-state index contributed by atoms with van der Waals surface area (Å²) in [5.41, 5.74) is 7.05. The van der Waals surface area contributed by atoms with Gasteiger partial charge in [0.05, 0.1) is 12.9 Å². The fourth-order valence-corrected chi connectivity index (χ4v) is 1.71. The lowest BCUT2D eigenvalue weighted by Crippen LogP contribution is -2.27. The zero-order chi connectivity index (χ0) is 14.6. The first kappa shape index (κ1) is 15.1. The number of ether oxygens (including phenoxy) is 1. The molecule has 4 heteroatoms. The van der Waals surface area contributed by atoms with E-state index in [1.807, 2.05) is 6.07 Å². The Morgan fingerprint density at radius 3 is 2.47 bits per heavy atom. The number of rotatable bonds is 3. The second-order valence-corrected chi connectivity index (χ2v) is 5.36. The Hall–Kier alpha value is -1.97. The average molecular weight is 262 g/mol. The van der Waals surface area contributed by atoms with Gasteiger partial charge >= 0.3 is 0 Å². The first-order valence-electron chi connectivity index (χ1n) is 6.21. The molecule has 0 aliphatic rings. The maximum Gasteiger partial charge on any atom is 0.256 e. The number of nitrogens with two attached hydrogens (primary N) is 1. The fourth-order valence-electron chi connectivity index (χ4n) is 1.71. The van der Waals surface area contributed by atoms with E-state index in [0.717, 1.165) is 11.3 Å². The van der Waals surface area contributed by atoms with Crippen LogP contribution in [0.1, 0.15) is 43.6 Å². The summed E-state index contributed by atoms with van der Waals surface area (Å²) in [5, 5.41) is 2.62. The predicted octanol–water partition coefficient (Wildman–Crippen LogP) is 2.54. The largest absolute Gasteiger partial charge is 0.496 e. The predicted molar refractivity (Wildman–Crippen MR) is 77.1 cm³/mol. The molecular weight excluding hydrogens is 240 g/mol. The van der Waals surface area contributed by atoms with E-state index in [1.54, 1.807) is 32.2 Å². The van der Waals surface area contributed by atoms with Gasteiger partial charge in [-0.25, -0.2) is 0 Å². The SMILES string of the molecule is CC=C(N)NC(=O)c1ccc(OC)c(C(C)(C)C)c1. The van der Waals surface area contributed by atoms with Gasteiger partial charge in [-0.3, -0.25) is 4.79 Å². The minimum absolute atomic E-state index is 0.103. The topological polar surface area (TPSA) is 64.3 Å². The standard InChI is InChI=1S/C15H22N2O2/c1-6-13(16)17-14(18)10-7-8-12(19-5)11(9-10)15(2,3)4/h6-9H,16H2,1-5H3,(H,17,18). The van der Waals surface area contributed by atoms with Crippen LogP contribution in [0.3, 0.4) is 0 Å². The van der Waals surface area contributed by atoms with Crippen molar-refractivity contribution >= 4 is 5.91 Å². The van der Waals surface area contributed by atoms with Gasteiger partial charge in [-0.1, -0.05) is 20.8 Å². The average Bonchev–Trinajstić information content (AvgIpc) is 2.36. The van der Waals surface area contributed by atoms with Gasteiger partial charge in [0.15, 0.2) is 0 Å². The molecular formula is C15H22N2O2. The molecule has 0 unspecified atom stereocenters. The number of hydrogen-bond acceptors (Lipinski definition) is 3. The quantitative estimate of drug-likeness (QED) is 0.879. The second kappa shape index (κ2) is 5.78. The summed E-state index contributed by atoms with van der Waals surface area (Å²) >= 11 is 0. The Kier molecular flexibility index (Phi) is 4.59. The van der Waals surface area contributed by atoms with Crippen LogP contribution < -0.4 is 15.8 Å². The molecule has 0 atom stereocenters. The Bertz CT molecular complexity index is 499. The highest BCUT2D eigenvalue weighted by atomic mass is 16.5. The molecule has 0 fully saturated rings. The van der Waals surface area contributed by atoms with Crippen molar-refractivity contribution in [2.75, 3.05) is 7.11 Å². The first-order valence-corrected chi connectivity index (χ1v) is 6.21. The summed E-state index contributed by atoms with van der Waals surface area (Å²) < 4.78 is 5.34. The molecule has 0 saturated heterocycles. The van der Waals surface area contributed by atoms with E-state index in [4.69, 9.17) is 10.5 Å². The Morgan fingerprint density at radius 1 is 1.37 bits per heavy atom. The first-order chi connectivity index (χ1) is 8.79. The molecule has 104 valence electrons. The van der Waals surface area contributed by atoms with Crippen molar-refractivity contribution in [3.8, 4) is 5.75 Å². The normalized spacial score (nSPS) is 12.2. The molecule has 0 aliphatic carbocycles. The zero-order valence-electron chi connectivity index (χ0n) is 12.2. The van der Waals surface area contributed by atoms with E-state index in [-0.39, 0.29) is 11.3 Å². The smallest absolute Gasteiger partial charge is 0.256 e. The van der Waals surface area contributed by atoms with Crippen molar-refractivity contribution in [3.63, 3.8) is 0 Å². The van der Waals surface area contributed by atoms with Crippen molar-refractivity contribution in [2.24, 2.45) is 5.73 Å². The van der Waals surface area contributed by atoms with Crippen molar-refractivity contribution in [1.29, 1.82) is 0 Å². The van der Waals surface area contributed by atoms with Crippen molar-refractivity contribution in [3.05, 3.63) is 41.2 Å². The van der Waals surface area contributed by atoms with Gasteiger partial charge in [0.2, 0.25) is 0 Å². The van der Waals surface area contributed by atoms with Gasteiger partial charge in [-0.15, -0.1) is 0 Å². The van der Waals surface area contributed by atoms with Crippen LogP contribution in [0, 0.1) is 0 Å². The molecule has 4 nitrogen and oxygen atoms in total. The second-order valence-electron chi connectivity index (χ2n) is 5.36. The number of methoxy groups -OCH3 is 1. The van der Waals surface area contributed by atoms with E-state index in [2.05, 4.69) is 26.1 Å². The summed E-state index contributed by atoms with van der Waals surface area (Å²) in [6.45, 7) is 8.00. The molecule has 1 aromatic rings. The molecule has 3 N–H and O–H groups in total. The van der Waals surface area contributed by atoms with Gasteiger partial charge in [-0.05, 0) is 36.6 Å². The number of allylic oxidation sites excluding steroid dienone is 1. The van der Waals surface area contributed by atoms with E-state index >= 15 is 0 Å². The van der Waals surface area contributed by atoms with Crippen LogP contribution in [0.4, 0.5) is 0 Å². The number of carbonyl (C=O) groups is 1. The number of carbonyl (C=O) groups excluding carboxylic acids is 1. The molecule has 1 rings (SSSR count). The Balaban J connectivity index is 3.15. The highest BCUT2D eigenvalue weighted by Crippen LogP contribution is 2.31. The molecule has 1 aromatic carbocycles. The van der Waals surface area contributed by atoms with Gasteiger partial charge < -0.3 is 15.8 Å². The number of amides is 1. The van der Waals surface area contributed by atoms with Crippen LogP contribution in [-0.2, 0) is 5.41 Å². The summed E-state index contributed by atoms with van der Waals surface area (Å²) in [4.78, 5) is 12.0. The Morgan fingerprint density at radius 2 is 2.00 bits per heavy atom. The molecule has 0 aromatic heterocycles. The van der Waals surface area contributed by atoms with E-state index in [1.165, 1.54) is 0 Å². The van der Waals surface area contributed by atoms with Gasteiger partial charge in [-0.2, -0.15) is 0 Å². The maximum absolute atomic E-state index is 12.0. The van der Waals surface area contributed by atoms with Crippen LogP contribution in [0.25, 0.3) is 0 Å². The summed E-state index contributed by atoms with van der Waals surface area (Å²) in [5.74, 6) is 0.907. The minimum atomic E-state index is -0.219. The third-order valence-electron chi connectivity index (χ3n) is 2.84. The number of hydrogen-bond donors (Lipinski definition) is 2. The molecule has 0 saturated carbocycles. The van der Waals surface area contributed by atoms with Crippen LogP contribution >= 0.6 is 0 Å². The monoisotopic (exact) mass is 262 g/mol. The zero-order valence-corrected chi connectivity index (χ0v) is 12.2. The van der Waals surface area contributed by atoms with Crippen molar-refractivity contribution < 1.29 is 9.53 Å². The van der Waals surface area contributed by atoms with E-state index in [9.17, 15) is 4.79 Å². The number of nitrogens with one attached hydrogen (secondary N) is 1. The molecule has 0 aliphatic heterocycles. The lowest BCUT2D eigenvalue weighted by Gasteiger charge is -2.22. The van der Waals surface area contributed by atoms with Gasteiger partial charge in [0.1, 0.15) is 5.75 Å². The molecule has 0 radical (unpaired) electrons. The lowest BCUT2D eigenvalue weighted by atomic mass is 9.85. The minimum Gasteiger partial charge on any atom is -0.496 e. The van der Waals surface area contributed by atoms with E-state index < -0.39 is 0 Å². The number of benzene rings is 1. The lowest BCUT2D eigenvalue weighted by molar-refractivity contribution is 0.0965. The van der Waals surface area contributed by atoms with Gasteiger partial charge in [0, 0.05) is 11.1 Å². The van der Waals surface area contributed by atoms with Crippen LogP contribution in [0.15, 0.2) is 30.1 Å². The molecule has 1 amide bonds. The van der Waals surface area contributed by atoms with E-state index in [0.29, 0.717) is 11.4 Å². The third kappa shape index (κ3) is 3.74. The van der Waals surface area contributed by atoms with Crippen LogP contribution in [0.2, 0.25) is 0 Å². The van der Waals surface area contributed by atoms with Crippen LogP contribution in [-0.4, -0.2) is 13.0 Å². The molecule has 19 heavy (non-hydrogen) atoms. The maximum atomic E-state index is 12.0. The molecule has 0 spiro atoms. The summed E-state index contributed by atoms with van der Waals surface area (Å²) in [6, 6.07) is 5.38.